The van der Waals surface area contributed by atoms with Crippen LogP contribution in [0, 0.1) is 5.92 Å². The molecule has 0 spiro atoms. The maximum Gasteiger partial charge on any atom is 0.120 e. The van der Waals surface area contributed by atoms with Crippen LogP contribution in [0.15, 0.2) is 22.8 Å². The first-order chi connectivity index (χ1) is 7.81. The summed E-state index contributed by atoms with van der Waals surface area (Å²) < 4.78 is 11.0. The van der Waals surface area contributed by atoms with Gasteiger partial charge in [0, 0.05) is 13.2 Å². The fourth-order valence-corrected chi connectivity index (χ4v) is 2.34. The molecule has 1 aromatic rings. The third-order valence-corrected chi connectivity index (χ3v) is 3.40. The Hall–Kier alpha value is -0.800. The summed E-state index contributed by atoms with van der Waals surface area (Å²) in [5.41, 5.74) is 0. The number of rotatable bonds is 5. The second kappa shape index (κ2) is 5.51. The summed E-state index contributed by atoms with van der Waals surface area (Å²) in [6.07, 6.45) is 4.45. The minimum absolute atomic E-state index is 0.285. The molecule has 3 unspecified atom stereocenters. The molecule has 3 nitrogen and oxygen atoms in total. The second-order valence-corrected chi connectivity index (χ2v) is 4.51. The Kier molecular flexibility index (Phi) is 4.02. The molecule has 2 heterocycles. The third-order valence-electron chi connectivity index (χ3n) is 3.40. The number of furan rings is 1. The molecule has 0 bridgehead atoms. The van der Waals surface area contributed by atoms with Crippen molar-refractivity contribution in [1.82, 2.24) is 5.32 Å². The average Bonchev–Trinajstić information content (AvgIpc) is 2.96. The molecule has 90 valence electrons. The summed E-state index contributed by atoms with van der Waals surface area (Å²) >= 11 is 0. The van der Waals surface area contributed by atoms with E-state index in [1.54, 1.807) is 6.26 Å². The molecule has 0 aromatic carbocycles. The summed E-state index contributed by atoms with van der Waals surface area (Å²) in [4.78, 5) is 0. The summed E-state index contributed by atoms with van der Waals surface area (Å²) in [6, 6.07) is 4.23. The minimum Gasteiger partial charge on any atom is -0.468 e. The molecule has 2 rings (SSSR count). The van der Waals surface area contributed by atoms with Gasteiger partial charge >= 0.3 is 0 Å². The van der Waals surface area contributed by atoms with Crippen molar-refractivity contribution in [2.75, 3.05) is 13.2 Å². The Labute approximate surface area is 97.2 Å². The molecule has 3 heteroatoms. The highest BCUT2D eigenvalue weighted by Gasteiger charge is 2.26. The van der Waals surface area contributed by atoms with Crippen LogP contribution in [0.1, 0.15) is 38.5 Å². The van der Waals surface area contributed by atoms with Crippen molar-refractivity contribution in [2.45, 2.75) is 38.8 Å². The highest BCUT2D eigenvalue weighted by molar-refractivity contribution is 5.03. The molecule has 0 radical (unpaired) electrons. The van der Waals surface area contributed by atoms with E-state index in [0.717, 1.165) is 25.3 Å². The predicted molar refractivity (Wildman–Crippen MR) is 63.3 cm³/mol. The van der Waals surface area contributed by atoms with Gasteiger partial charge in [-0.15, -0.1) is 0 Å². The predicted octanol–water partition coefficient (Wildman–Crippen LogP) is 2.75. The topological polar surface area (TPSA) is 34.4 Å². The van der Waals surface area contributed by atoms with Crippen molar-refractivity contribution in [3.05, 3.63) is 24.2 Å². The largest absolute Gasteiger partial charge is 0.468 e. The molecule has 0 amide bonds. The summed E-state index contributed by atoms with van der Waals surface area (Å²) in [6.45, 7) is 6.26. The van der Waals surface area contributed by atoms with E-state index < -0.39 is 0 Å². The Morgan fingerprint density at radius 3 is 3.12 bits per heavy atom. The van der Waals surface area contributed by atoms with Crippen LogP contribution in [0.5, 0.6) is 0 Å². The van der Waals surface area contributed by atoms with Gasteiger partial charge in [0.2, 0.25) is 0 Å². The Morgan fingerprint density at radius 2 is 2.44 bits per heavy atom. The Morgan fingerprint density at radius 1 is 1.56 bits per heavy atom. The van der Waals surface area contributed by atoms with Gasteiger partial charge in [0.15, 0.2) is 0 Å². The second-order valence-electron chi connectivity index (χ2n) is 4.51. The number of hydrogen-bond acceptors (Lipinski definition) is 3. The molecule has 1 aliphatic rings. The molecular formula is C13H21NO2. The van der Waals surface area contributed by atoms with Gasteiger partial charge in [0.25, 0.3) is 0 Å². The van der Waals surface area contributed by atoms with E-state index in [2.05, 4.69) is 19.2 Å². The highest BCUT2D eigenvalue weighted by atomic mass is 16.5. The smallest absolute Gasteiger partial charge is 0.120 e. The summed E-state index contributed by atoms with van der Waals surface area (Å²) in [5.74, 6) is 1.66. The molecule has 0 saturated carbocycles. The van der Waals surface area contributed by atoms with E-state index in [1.807, 2.05) is 12.1 Å². The van der Waals surface area contributed by atoms with Crippen LogP contribution >= 0.6 is 0 Å². The van der Waals surface area contributed by atoms with Crippen LogP contribution in [-0.2, 0) is 4.74 Å². The number of nitrogens with one attached hydrogen (secondary N) is 1. The van der Waals surface area contributed by atoms with Gasteiger partial charge in [-0.3, -0.25) is 0 Å². The zero-order chi connectivity index (χ0) is 11.4. The lowest BCUT2D eigenvalue weighted by Gasteiger charge is -2.19. The van der Waals surface area contributed by atoms with Gasteiger partial charge in [-0.05, 0) is 37.8 Å². The van der Waals surface area contributed by atoms with Crippen LogP contribution in [0.2, 0.25) is 0 Å². The van der Waals surface area contributed by atoms with Crippen LogP contribution < -0.4 is 5.32 Å². The van der Waals surface area contributed by atoms with Crippen LogP contribution in [0.4, 0.5) is 0 Å². The van der Waals surface area contributed by atoms with E-state index in [0.29, 0.717) is 12.0 Å². The normalized spacial score (nSPS) is 27.1. The van der Waals surface area contributed by atoms with Crippen molar-refractivity contribution in [2.24, 2.45) is 5.92 Å². The molecule has 1 aliphatic heterocycles. The van der Waals surface area contributed by atoms with Crippen LogP contribution in [0.25, 0.3) is 0 Å². The Balaban J connectivity index is 1.78. The lowest BCUT2D eigenvalue weighted by molar-refractivity contribution is 0.0865. The SMILES string of the molecule is CCC1OCCC1CNC(C)c1ccco1. The molecule has 1 N–H and O–H groups in total. The van der Waals surface area contributed by atoms with Gasteiger partial charge in [0.05, 0.1) is 18.4 Å². The molecule has 1 fully saturated rings. The summed E-state index contributed by atoms with van der Waals surface area (Å²) in [5, 5.41) is 3.52. The minimum atomic E-state index is 0.285. The summed E-state index contributed by atoms with van der Waals surface area (Å²) in [7, 11) is 0. The average molecular weight is 223 g/mol. The monoisotopic (exact) mass is 223 g/mol. The molecule has 3 atom stereocenters. The maximum atomic E-state index is 5.67. The van der Waals surface area contributed by atoms with Crippen molar-refractivity contribution >= 4 is 0 Å². The molecule has 1 aromatic heterocycles. The zero-order valence-electron chi connectivity index (χ0n) is 10.1. The number of ether oxygens (including phenoxy) is 1. The number of hydrogen-bond donors (Lipinski definition) is 1. The lowest BCUT2D eigenvalue weighted by atomic mass is 9.99. The van der Waals surface area contributed by atoms with Gasteiger partial charge < -0.3 is 14.5 Å². The first kappa shape index (κ1) is 11.7. The van der Waals surface area contributed by atoms with Gasteiger partial charge in [0.1, 0.15) is 5.76 Å². The van der Waals surface area contributed by atoms with E-state index in [1.165, 1.54) is 6.42 Å². The molecular weight excluding hydrogens is 202 g/mol. The van der Waals surface area contributed by atoms with Gasteiger partial charge in [-0.2, -0.15) is 0 Å². The van der Waals surface area contributed by atoms with Crippen molar-refractivity contribution in [1.29, 1.82) is 0 Å². The van der Waals surface area contributed by atoms with E-state index in [9.17, 15) is 0 Å². The lowest BCUT2D eigenvalue weighted by Crippen LogP contribution is -2.29. The van der Waals surface area contributed by atoms with E-state index in [-0.39, 0.29) is 6.04 Å². The fraction of sp³-hybridized carbons (Fsp3) is 0.692. The zero-order valence-corrected chi connectivity index (χ0v) is 10.1. The fourth-order valence-electron chi connectivity index (χ4n) is 2.34. The third kappa shape index (κ3) is 2.66. The van der Waals surface area contributed by atoms with Crippen molar-refractivity contribution in [3.63, 3.8) is 0 Å². The van der Waals surface area contributed by atoms with Crippen molar-refractivity contribution in [3.8, 4) is 0 Å². The maximum absolute atomic E-state index is 5.67. The molecule has 16 heavy (non-hydrogen) atoms. The standard InChI is InChI=1S/C13H21NO2/c1-3-12-11(6-8-16-12)9-14-10(2)13-5-4-7-15-13/h4-5,7,10-12,14H,3,6,8-9H2,1-2H3. The Bertz CT molecular complexity index is 297. The first-order valence-electron chi connectivity index (χ1n) is 6.19. The van der Waals surface area contributed by atoms with Gasteiger partial charge in [-0.1, -0.05) is 6.92 Å². The van der Waals surface area contributed by atoms with Crippen LogP contribution in [-0.4, -0.2) is 19.3 Å². The van der Waals surface area contributed by atoms with E-state index in [4.69, 9.17) is 9.15 Å². The molecule has 0 aliphatic carbocycles. The van der Waals surface area contributed by atoms with E-state index >= 15 is 0 Å². The molecule has 1 saturated heterocycles. The van der Waals surface area contributed by atoms with Crippen molar-refractivity contribution < 1.29 is 9.15 Å². The quantitative estimate of drug-likeness (QED) is 0.833. The van der Waals surface area contributed by atoms with Crippen LogP contribution in [0.3, 0.4) is 0 Å². The first-order valence-corrected chi connectivity index (χ1v) is 6.19. The van der Waals surface area contributed by atoms with Gasteiger partial charge in [-0.25, -0.2) is 0 Å². The highest BCUT2D eigenvalue weighted by Crippen LogP contribution is 2.23.